The first kappa shape index (κ1) is 11.2. The normalized spacial score (nSPS) is 19.5. The first-order valence-corrected chi connectivity index (χ1v) is 5.95. The second-order valence-electron chi connectivity index (χ2n) is 4.76. The topological polar surface area (TPSA) is 35.8 Å². The van der Waals surface area contributed by atoms with E-state index in [0.29, 0.717) is 6.04 Å². The van der Waals surface area contributed by atoms with Gasteiger partial charge in [-0.25, -0.2) is 0 Å². The predicted octanol–water partition coefficient (Wildman–Crippen LogP) is 3.03. The van der Waals surface area contributed by atoms with Crippen molar-refractivity contribution in [1.82, 2.24) is 5.32 Å². The Morgan fingerprint density at radius 2 is 2.06 bits per heavy atom. The molecule has 16 heavy (non-hydrogen) atoms. The highest BCUT2D eigenvalue weighted by atomic mass is 14.9. The van der Waals surface area contributed by atoms with Crippen LogP contribution in [0.15, 0.2) is 30.3 Å². The molecular weight excluding hydrogens is 196 g/mol. The van der Waals surface area contributed by atoms with Crippen molar-refractivity contribution >= 4 is 0 Å². The Balaban J connectivity index is 1.89. The highest BCUT2D eigenvalue weighted by Crippen LogP contribution is 2.39. The van der Waals surface area contributed by atoms with E-state index in [4.69, 9.17) is 5.26 Å². The molecule has 0 bridgehead atoms. The number of rotatable bonds is 4. The summed E-state index contributed by atoms with van der Waals surface area (Å²) in [6, 6.07) is 13.2. The molecule has 1 aromatic carbocycles. The molecule has 1 unspecified atom stereocenters. The van der Waals surface area contributed by atoms with Crippen LogP contribution in [0.4, 0.5) is 0 Å². The van der Waals surface area contributed by atoms with Crippen molar-refractivity contribution in [1.29, 1.82) is 5.26 Å². The largest absolute Gasteiger partial charge is 0.309 e. The van der Waals surface area contributed by atoms with Gasteiger partial charge in [0.1, 0.15) is 0 Å². The van der Waals surface area contributed by atoms with E-state index >= 15 is 0 Å². The van der Waals surface area contributed by atoms with E-state index in [1.54, 1.807) is 0 Å². The third-order valence-electron chi connectivity index (χ3n) is 3.59. The average Bonchev–Trinajstić information content (AvgIpc) is 2.29. The Morgan fingerprint density at radius 1 is 1.38 bits per heavy atom. The summed E-state index contributed by atoms with van der Waals surface area (Å²) in [5, 5.41) is 12.6. The summed E-state index contributed by atoms with van der Waals surface area (Å²) in [4.78, 5) is 0. The van der Waals surface area contributed by atoms with Gasteiger partial charge in [0.2, 0.25) is 0 Å². The van der Waals surface area contributed by atoms with E-state index in [1.165, 1.54) is 12.0 Å². The molecule has 1 N–H and O–H groups in total. The van der Waals surface area contributed by atoms with Crippen molar-refractivity contribution in [2.75, 3.05) is 6.54 Å². The van der Waals surface area contributed by atoms with Gasteiger partial charge < -0.3 is 5.32 Å². The molecule has 0 aliphatic heterocycles. The Bertz CT molecular complexity index is 373. The van der Waals surface area contributed by atoms with Gasteiger partial charge in [-0.15, -0.1) is 0 Å². The monoisotopic (exact) mass is 214 g/mol. The Hall–Kier alpha value is -1.33. The second-order valence-corrected chi connectivity index (χ2v) is 4.76. The van der Waals surface area contributed by atoms with Crippen molar-refractivity contribution < 1.29 is 0 Å². The summed E-state index contributed by atoms with van der Waals surface area (Å²) < 4.78 is 0. The molecule has 0 amide bonds. The number of hydrogen-bond donors (Lipinski definition) is 1. The van der Waals surface area contributed by atoms with Crippen LogP contribution in [0, 0.1) is 16.7 Å². The molecule has 1 aliphatic carbocycles. The zero-order valence-corrected chi connectivity index (χ0v) is 9.74. The summed E-state index contributed by atoms with van der Waals surface area (Å²) in [5.41, 5.74) is 1.21. The molecule has 0 heterocycles. The van der Waals surface area contributed by atoms with Crippen molar-refractivity contribution in [2.24, 2.45) is 5.41 Å². The van der Waals surface area contributed by atoms with Gasteiger partial charge in [-0.3, -0.25) is 0 Å². The maximum absolute atomic E-state index is 9.13. The second kappa shape index (κ2) is 4.67. The lowest BCUT2D eigenvalue weighted by molar-refractivity contribution is 0.201. The third-order valence-corrected chi connectivity index (χ3v) is 3.59. The lowest BCUT2D eigenvalue weighted by atomic mass is 9.70. The predicted molar refractivity (Wildman–Crippen MR) is 64.8 cm³/mol. The van der Waals surface area contributed by atoms with Crippen LogP contribution >= 0.6 is 0 Å². The number of nitriles is 1. The molecule has 2 heteroatoms. The Labute approximate surface area is 97.3 Å². The van der Waals surface area contributed by atoms with E-state index in [1.807, 2.05) is 6.07 Å². The van der Waals surface area contributed by atoms with Gasteiger partial charge in [0.05, 0.1) is 11.5 Å². The van der Waals surface area contributed by atoms with Gasteiger partial charge in [0.15, 0.2) is 0 Å². The van der Waals surface area contributed by atoms with Crippen LogP contribution in [0.3, 0.4) is 0 Å². The number of nitrogens with zero attached hydrogens (tertiary/aromatic N) is 1. The van der Waals surface area contributed by atoms with E-state index in [9.17, 15) is 0 Å². The molecule has 84 valence electrons. The lowest BCUT2D eigenvalue weighted by Gasteiger charge is -2.36. The molecule has 1 aliphatic rings. The fraction of sp³-hybridized carbons (Fsp3) is 0.500. The van der Waals surface area contributed by atoms with Crippen molar-refractivity contribution in [3.05, 3.63) is 35.9 Å². The first-order chi connectivity index (χ1) is 7.76. The van der Waals surface area contributed by atoms with Crippen LogP contribution < -0.4 is 5.32 Å². The van der Waals surface area contributed by atoms with Crippen LogP contribution in [0.2, 0.25) is 0 Å². The van der Waals surface area contributed by atoms with Gasteiger partial charge in [-0.05, 0) is 25.3 Å². The molecular formula is C14H18N2. The van der Waals surface area contributed by atoms with Gasteiger partial charge in [0, 0.05) is 12.6 Å². The molecule has 0 spiro atoms. The average molecular weight is 214 g/mol. The molecule has 1 saturated carbocycles. The van der Waals surface area contributed by atoms with Crippen LogP contribution in [0.5, 0.6) is 0 Å². The summed E-state index contributed by atoms with van der Waals surface area (Å²) in [7, 11) is 0. The minimum Gasteiger partial charge on any atom is -0.309 e. The first-order valence-electron chi connectivity index (χ1n) is 5.95. The third kappa shape index (κ3) is 2.25. The summed E-state index contributed by atoms with van der Waals surface area (Å²) in [6.45, 7) is 2.97. The van der Waals surface area contributed by atoms with Crippen LogP contribution in [0.1, 0.15) is 37.8 Å². The molecule has 2 rings (SSSR count). The van der Waals surface area contributed by atoms with Gasteiger partial charge in [0.25, 0.3) is 0 Å². The Morgan fingerprint density at radius 3 is 2.56 bits per heavy atom. The van der Waals surface area contributed by atoms with Crippen molar-refractivity contribution in [3.8, 4) is 6.07 Å². The van der Waals surface area contributed by atoms with Crippen molar-refractivity contribution in [3.63, 3.8) is 0 Å². The zero-order valence-electron chi connectivity index (χ0n) is 9.74. The standard InChI is InChI=1S/C14H18N2/c1-12(13-6-3-2-4-7-13)16-11-14(10-15)8-5-9-14/h2-4,6-7,12,16H,5,8-9,11H2,1H3. The smallest absolute Gasteiger partial charge is 0.0703 e. The zero-order chi connectivity index (χ0) is 11.4. The molecule has 0 radical (unpaired) electrons. The van der Waals surface area contributed by atoms with Gasteiger partial charge >= 0.3 is 0 Å². The van der Waals surface area contributed by atoms with E-state index < -0.39 is 0 Å². The molecule has 0 aromatic heterocycles. The lowest BCUT2D eigenvalue weighted by Crippen LogP contribution is -2.39. The molecule has 1 fully saturated rings. The molecule has 1 atom stereocenters. The molecule has 1 aromatic rings. The summed E-state index contributed by atoms with van der Waals surface area (Å²) >= 11 is 0. The fourth-order valence-corrected chi connectivity index (χ4v) is 2.14. The Kier molecular flexibility index (Phi) is 3.26. The number of hydrogen-bond acceptors (Lipinski definition) is 2. The quantitative estimate of drug-likeness (QED) is 0.836. The van der Waals surface area contributed by atoms with Gasteiger partial charge in [-0.1, -0.05) is 36.8 Å². The molecule has 2 nitrogen and oxygen atoms in total. The highest BCUT2D eigenvalue weighted by molar-refractivity contribution is 5.18. The molecule has 0 saturated heterocycles. The van der Waals surface area contributed by atoms with Gasteiger partial charge in [-0.2, -0.15) is 5.26 Å². The van der Waals surface area contributed by atoms with Crippen LogP contribution in [-0.4, -0.2) is 6.54 Å². The number of benzene rings is 1. The van der Waals surface area contributed by atoms with Crippen molar-refractivity contribution in [2.45, 2.75) is 32.2 Å². The fourth-order valence-electron chi connectivity index (χ4n) is 2.14. The maximum Gasteiger partial charge on any atom is 0.0703 e. The van der Waals surface area contributed by atoms with E-state index in [2.05, 4.69) is 42.6 Å². The minimum atomic E-state index is -0.0803. The number of nitrogens with one attached hydrogen (secondary N) is 1. The van der Waals surface area contributed by atoms with Crippen LogP contribution in [-0.2, 0) is 0 Å². The van der Waals surface area contributed by atoms with Crippen LogP contribution in [0.25, 0.3) is 0 Å². The summed E-state index contributed by atoms with van der Waals surface area (Å²) in [6.07, 6.45) is 3.31. The van der Waals surface area contributed by atoms with E-state index in [0.717, 1.165) is 19.4 Å². The SMILES string of the molecule is CC(NCC1(C#N)CCC1)c1ccccc1. The maximum atomic E-state index is 9.13. The highest BCUT2D eigenvalue weighted by Gasteiger charge is 2.36. The summed E-state index contributed by atoms with van der Waals surface area (Å²) in [5.74, 6) is 0. The minimum absolute atomic E-state index is 0.0803. The van der Waals surface area contributed by atoms with E-state index in [-0.39, 0.29) is 5.41 Å².